The quantitative estimate of drug-likeness (QED) is 0.768. The van der Waals surface area contributed by atoms with E-state index in [-0.39, 0.29) is 0 Å². The molecule has 2 heterocycles. The minimum atomic E-state index is 0.617. The van der Waals surface area contributed by atoms with E-state index in [0.717, 1.165) is 17.2 Å². The number of nitrogens with zero attached hydrogens (tertiary/aromatic N) is 3. The number of rotatable bonds is 2. The maximum Gasteiger partial charge on any atom is 0.211 e. The Morgan fingerprint density at radius 3 is 3.00 bits per heavy atom. The number of hydrogen-bond acceptors (Lipinski definition) is 3. The van der Waals surface area contributed by atoms with Crippen LogP contribution in [0.1, 0.15) is 12.6 Å². The molecule has 13 heavy (non-hydrogen) atoms. The molecule has 0 spiro atoms. The van der Waals surface area contributed by atoms with Crippen LogP contribution in [-0.4, -0.2) is 14.8 Å². The van der Waals surface area contributed by atoms with E-state index < -0.39 is 0 Å². The van der Waals surface area contributed by atoms with Gasteiger partial charge in [-0.3, -0.25) is 0 Å². The van der Waals surface area contributed by atoms with E-state index in [4.69, 9.17) is 11.6 Å². The van der Waals surface area contributed by atoms with E-state index in [1.807, 2.05) is 18.4 Å². The van der Waals surface area contributed by atoms with Gasteiger partial charge in [0.2, 0.25) is 5.13 Å². The highest BCUT2D eigenvalue weighted by molar-refractivity contribution is 7.12. The molecule has 0 amide bonds. The molecule has 3 nitrogen and oxygen atoms in total. The van der Waals surface area contributed by atoms with Crippen LogP contribution >= 0.6 is 22.9 Å². The first-order chi connectivity index (χ1) is 6.31. The highest BCUT2D eigenvalue weighted by Gasteiger charge is 2.07. The molecule has 2 aromatic rings. The molecule has 0 atom stereocenters. The Balaban J connectivity index is 2.46. The lowest BCUT2D eigenvalue weighted by Crippen LogP contribution is -1.95. The second-order valence-electron chi connectivity index (χ2n) is 2.54. The standard InChI is InChI=1S/C8H8ClN3S/c1-2-6-5-7(9)12(11-6)8-10-3-4-13-8/h3-5H,2H2,1H3. The molecule has 0 radical (unpaired) electrons. The van der Waals surface area contributed by atoms with Crippen LogP contribution in [-0.2, 0) is 6.42 Å². The summed E-state index contributed by atoms with van der Waals surface area (Å²) in [6, 6.07) is 1.86. The van der Waals surface area contributed by atoms with Crippen LogP contribution in [0.2, 0.25) is 5.15 Å². The fourth-order valence-corrected chi connectivity index (χ4v) is 1.93. The van der Waals surface area contributed by atoms with Gasteiger partial charge in [0.25, 0.3) is 0 Å². The zero-order valence-electron chi connectivity index (χ0n) is 7.07. The van der Waals surface area contributed by atoms with Crippen LogP contribution in [0.25, 0.3) is 5.13 Å². The summed E-state index contributed by atoms with van der Waals surface area (Å²) in [6.07, 6.45) is 2.63. The van der Waals surface area contributed by atoms with Crippen LogP contribution in [0.15, 0.2) is 17.6 Å². The lowest BCUT2D eigenvalue weighted by molar-refractivity contribution is 0.834. The predicted octanol–water partition coefficient (Wildman–Crippen LogP) is 2.54. The van der Waals surface area contributed by atoms with Crippen LogP contribution in [0, 0.1) is 0 Å². The van der Waals surface area contributed by atoms with Crippen molar-refractivity contribution in [3.8, 4) is 5.13 Å². The van der Waals surface area contributed by atoms with Gasteiger partial charge in [-0.1, -0.05) is 18.5 Å². The Bertz CT molecular complexity index is 393. The van der Waals surface area contributed by atoms with Gasteiger partial charge in [-0.05, 0) is 12.5 Å². The van der Waals surface area contributed by atoms with E-state index in [1.165, 1.54) is 11.3 Å². The number of thiazole rings is 1. The summed E-state index contributed by atoms with van der Waals surface area (Å²) < 4.78 is 1.66. The average molecular weight is 214 g/mol. The van der Waals surface area contributed by atoms with Gasteiger partial charge in [0.1, 0.15) is 5.15 Å². The molecule has 2 aromatic heterocycles. The Labute approximate surface area is 85.0 Å². The first kappa shape index (κ1) is 8.72. The molecule has 0 saturated heterocycles. The highest BCUT2D eigenvalue weighted by atomic mass is 35.5. The van der Waals surface area contributed by atoms with E-state index in [2.05, 4.69) is 10.1 Å². The van der Waals surface area contributed by atoms with Crippen molar-refractivity contribution < 1.29 is 0 Å². The second-order valence-corrected chi connectivity index (χ2v) is 3.80. The van der Waals surface area contributed by atoms with Crippen molar-refractivity contribution in [2.75, 3.05) is 0 Å². The summed E-state index contributed by atoms with van der Waals surface area (Å²) in [5.41, 5.74) is 0.986. The maximum atomic E-state index is 5.98. The van der Waals surface area contributed by atoms with Crippen LogP contribution in [0.4, 0.5) is 0 Å². The lowest BCUT2D eigenvalue weighted by atomic mass is 10.3. The third kappa shape index (κ3) is 1.59. The molecule has 2 rings (SSSR count). The third-order valence-electron chi connectivity index (χ3n) is 1.68. The molecule has 5 heteroatoms. The van der Waals surface area contributed by atoms with Crippen LogP contribution in [0.5, 0.6) is 0 Å². The Morgan fingerprint density at radius 2 is 2.46 bits per heavy atom. The largest absolute Gasteiger partial charge is 0.227 e. The number of halogens is 1. The summed E-state index contributed by atoms with van der Waals surface area (Å²) >= 11 is 7.50. The summed E-state index contributed by atoms with van der Waals surface area (Å²) in [4.78, 5) is 4.13. The molecule has 0 bridgehead atoms. The predicted molar refractivity (Wildman–Crippen MR) is 53.6 cm³/mol. The fourth-order valence-electron chi connectivity index (χ4n) is 1.03. The molecule has 0 aromatic carbocycles. The van der Waals surface area contributed by atoms with Gasteiger partial charge in [0, 0.05) is 11.6 Å². The van der Waals surface area contributed by atoms with E-state index in [9.17, 15) is 0 Å². The summed E-state index contributed by atoms with van der Waals surface area (Å²) in [6.45, 7) is 2.05. The van der Waals surface area contributed by atoms with Gasteiger partial charge in [0.05, 0.1) is 5.69 Å². The van der Waals surface area contributed by atoms with Crippen LogP contribution < -0.4 is 0 Å². The van der Waals surface area contributed by atoms with Gasteiger partial charge in [0.15, 0.2) is 0 Å². The average Bonchev–Trinajstić information content (AvgIpc) is 2.72. The topological polar surface area (TPSA) is 30.7 Å². The van der Waals surface area contributed by atoms with Crippen molar-refractivity contribution in [3.05, 3.63) is 28.5 Å². The van der Waals surface area contributed by atoms with Crippen molar-refractivity contribution in [3.63, 3.8) is 0 Å². The van der Waals surface area contributed by atoms with Gasteiger partial charge in [-0.25, -0.2) is 4.98 Å². The molecule has 0 N–H and O–H groups in total. The minimum absolute atomic E-state index is 0.617. The normalized spacial score (nSPS) is 10.6. The van der Waals surface area contributed by atoms with Crippen molar-refractivity contribution >= 4 is 22.9 Å². The first-order valence-corrected chi connectivity index (χ1v) is 5.21. The molecule has 0 aliphatic rings. The van der Waals surface area contributed by atoms with Gasteiger partial charge < -0.3 is 0 Å². The third-order valence-corrected chi connectivity index (χ3v) is 2.70. The molecule has 0 unspecified atom stereocenters. The molecule has 68 valence electrons. The molecule has 0 saturated carbocycles. The SMILES string of the molecule is CCc1cc(Cl)n(-c2nccs2)n1. The van der Waals surface area contributed by atoms with Crippen molar-refractivity contribution in [1.82, 2.24) is 14.8 Å². The molecule has 0 fully saturated rings. The first-order valence-electron chi connectivity index (χ1n) is 3.95. The zero-order valence-corrected chi connectivity index (χ0v) is 8.64. The monoisotopic (exact) mass is 213 g/mol. The summed E-state index contributed by atoms with van der Waals surface area (Å²) in [5.74, 6) is 0. The van der Waals surface area contributed by atoms with Gasteiger partial charge in [-0.15, -0.1) is 11.3 Å². The zero-order chi connectivity index (χ0) is 9.26. The van der Waals surface area contributed by atoms with E-state index in [0.29, 0.717) is 5.15 Å². The summed E-state index contributed by atoms with van der Waals surface area (Å²) in [5, 5.41) is 7.63. The number of hydrogen-bond donors (Lipinski definition) is 0. The Hall–Kier alpha value is -0.870. The maximum absolute atomic E-state index is 5.98. The van der Waals surface area contributed by atoms with Gasteiger partial charge >= 0.3 is 0 Å². The molecule has 0 aliphatic carbocycles. The summed E-state index contributed by atoms with van der Waals surface area (Å²) in [7, 11) is 0. The molecule has 0 aliphatic heterocycles. The Morgan fingerprint density at radius 1 is 1.62 bits per heavy atom. The van der Waals surface area contributed by atoms with Crippen molar-refractivity contribution in [2.45, 2.75) is 13.3 Å². The second kappa shape index (κ2) is 3.47. The number of aryl methyl sites for hydroxylation is 1. The number of aromatic nitrogens is 3. The van der Waals surface area contributed by atoms with Crippen molar-refractivity contribution in [2.24, 2.45) is 0 Å². The minimum Gasteiger partial charge on any atom is -0.227 e. The molecular formula is C8H8ClN3S. The fraction of sp³-hybridized carbons (Fsp3) is 0.250. The Kier molecular flexibility index (Phi) is 2.33. The smallest absolute Gasteiger partial charge is 0.211 e. The van der Waals surface area contributed by atoms with E-state index >= 15 is 0 Å². The highest BCUT2D eigenvalue weighted by Crippen LogP contribution is 2.18. The lowest BCUT2D eigenvalue weighted by Gasteiger charge is -1.94. The van der Waals surface area contributed by atoms with E-state index in [1.54, 1.807) is 10.9 Å². The van der Waals surface area contributed by atoms with Gasteiger partial charge in [-0.2, -0.15) is 9.78 Å². The van der Waals surface area contributed by atoms with Crippen LogP contribution in [0.3, 0.4) is 0 Å². The van der Waals surface area contributed by atoms with Crippen molar-refractivity contribution in [1.29, 1.82) is 0 Å². The molecular weight excluding hydrogens is 206 g/mol.